The molecule has 0 heterocycles. The number of nitrogens with one attached hydrogen (secondary N) is 1. The van der Waals surface area contributed by atoms with Gasteiger partial charge in [-0.15, -0.1) is 0 Å². The Morgan fingerprint density at radius 2 is 1.28 bits per heavy atom. The molecular formula is C20H17N3O2. The maximum Gasteiger partial charge on any atom is 0.337 e. The van der Waals surface area contributed by atoms with E-state index in [0.29, 0.717) is 11.3 Å². The molecule has 0 aliphatic heterocycles. The van der Waals surface area contributed by atoms with Gasteiger partial charge in [-0.1, -0.05) is 18.2 Å². The van der Waals surface area contributed by atoms with Crippen molar-refractivity contribution in [2.75, 3.05) is 12.4 Å². The first-order valence-electron chi connectivity index (χ1n) is 7.77. The predicted molar refractivity (Wildman–Crippen MR) is 98.1 cm³/mol. The molecule has 0 atom stereocenters. The van der Waals surface area contributed by atoms with Gasteiger partial charge in [0.25, 0.3) is 0 Å². The summed E-state index contributed by atoms with van der Waals surface area (Å²) in [5.41, 5.74) is 3.91. The highest BCUT2D eigenvalue weighted by atomic mass is 16.5. The number of carbonyl (C=O) groups is 1. The van der Waals surface area contributed by atoms with Gasteiger partial charge in [0.2, 0.25) is 0 Å². The second-order valence-corrected chi connectivity index (χ2v) is 5.28. The lowest BCUT2D eigenvalue weighted by atomic mass is 10.2. The number of hydrogen-bond donors (Lipinski definition) is 1. The van der Waals surface area contributed by atoms with Crippen molar-refractivity contribution in [1.82, 2.24) is 0 Å². The number of rotatable bonds is 5. The third-order valence-corrected chi connectivity index (χ3v) is 3.50. The maximum absolute atomic E-state index is 11.4. The zero-order chi connectivity index (χ0) is 17.5. The van der Waals surface area contributed by atoms with E-state index in [4.69, 9.17) is 0 Å². The number of methoxy groups -OCH3 is 1. The molecule has 0 unspecified atom stereocenters. The van der Waals surface area contributed by atoms with E-state index >= 15 is 0 Å². The number of para-hydroxylation sites is 1. The fourth-order valence-corrected chi connectivity index (χ4v) is 2.20. The fourth-order valence-electron chi connectivity index (χ4n) is 2.20. The van der Waals surface area contributed by atoms with Gasteiger partial charge in [0, 0.05) is 11.4 Å². The molecule has 3 aromatic rings. The minimum Gasteiger partial charge on any atom is -0.465 e. The molecule has 3 aromatic carbocycles. The highest BCUT2D eigenvalue weighted by molar-refractivity contribution is 5.89. The maximum atomic E-state index is 11.4. The van der Waals surface area contributed by atoms with Gasteiger partial charge in [0.05, 0.1) is 24.0 Å². The molecule has 0 saturated carbocycles. The fraction of sp³-hybridized carbons (Fsp3) is 0.0500. The molecule has 124 valence electrons. The normalized spacial score (nSPS) is 10.6. The molecule has 0 amide bonds. The second-order valence-electron chi connectivity index (χ2n) is 5.28. The van der Waals surface area contributed by atoms with Crippen molar-refractivity contribution in [2.24, 2.45) is 10.2 Å². The Balaban J connectivity index is 1.64. The smallest absolute Gasteiger partial charge is 0.337 e. The molecule has 0 radical (unpaired) electrons. The summed E-state index contributed by atoms with van der Waals surface area (Å²) >= 11 is 0. The van der Waals surface area contributed by atoms with Crippen LogP contribution in [-0.4, -0.2) is 13.1 Å². The van der Waals surface area contributed by atoms with Crippen LogP contribution in [0.4, 0.5) is 22.7 Å². The summed E-state index contributed by atoms with van der Waals surface area (Å²) in [6.45, 7) is 0. The van der Waals surface area contributed by atoms with Crippen molar-refractivity contribution >= 4 is 28.7 Å². The van der Waals surface area contributed by atoms with Crippen molar-refractivity contribution in [3.8, 4) is 0 Å². The Kier molecular flexibility index (Phi) is 5.16. The van der Waals surface area contributed by atoms with Crippen LogP contribution in [0.2, 0.25) is 0 Å². The van der Waals surface area contributed by atoms with E-state index in [0.717, 1.165) is 17.1 Å². The lowest BCUT2D eigenvalue weighted by Crippen LogP contribution is -1.99. The predicted octanol–water partition coefficient (Wildman–Crippen LogP) is 5.63. The van der Waals surface area contributed by atoms with E-state index < -0.39 is 0 Å². The third-order valence-electron chi connectivity index (χ3n) is 3.50. The Morgan fingerprint density at radius 1 is 0.760 bits per heavy atom. The van der Waals surface area contributed by atoms with Crippen molar-refractivity contribution in [2.45, 2.75) is 0 Å². The first-order valence-corrected chi connectivity index (χ1v) is 7.77. The Morgan fingerprint density at radius 3 is 1.84 bits per heavy atom. The Bertz CT molecular complexity index is 858. The molecular weight excluding hydrogens is 314 g/mol. The Hall–Kier alpha value is -3.47. The SMILES string of the molecule is COC(=O)c1ccc(N=Nc2ccc(Nc3ccccc3)cc2)cc1. The number of nitrogens with zero attached hydrogens (tertiary/aromatic N) is 2. The molecule has 3 rings (SSSR count). The topological polar surface area (TPSA) is 63.0 Å². The van der Waals surface area contributed by atoms with E-state index in [1.165, 1.54) is 7.11 Å². The lowest BCUT2D eigenvalue weighted by molar-refractivity contribution is 0.0601. The van der Waals surface area contributed by atoms with Crippen LogP contribution in [-0.2, 0) is 4.74 Å². The summed E-state index contributed by atoms with van der Waals surface area (Å²) in [6, 6.07) is 24.4. The van der Waals surface area contributed by atoms with Crippen LogP contribution in [0.1, 0.15) is 10.4 Å². The first kappa shape index (κ1) is 16.4. The summed E-state index contributed by atoms with van der Waals surface area (Å²) in [6.07, 6.45) is 0. The van der Waals surface area contributed by atoms with Gasteiger partial charge in [-0.2, -0.15) is 10.2 Å². The number of anilines is 2. The highest BCUT2D eigenvalue weighted by Crippen LogP contribution is 2.22. The molecule has 0 aliphatic rings. The van der Waals surface area contributed by atoms with Gasteiger partial charge in [-0.25, -0.2) is 4.79 Å². The number of carbonyl (C=O) groups excluding carboxylic acids is 1. The van der Waals surface area contributed by atoms with Crippen LogP contribution in [0.3, 0.4) is 0 Å². The van der Waals surface area contributed by atoms with Crippen LogP contribution in [0.15, 0.2) is 89.1 Å². The van der Waals surface area contributed by atoms with Crippen LogP contribution >= 0.6 is 0 Å². The van der Waals surface area contributed by atoms with Crippen LogP contribution in [0, 0.1) is 0 Å². The summed E-state index contributed by atoms with van der Waals surface area (Å²) in [4.78, 5) is 11.4. The van der Waals surface area contributed by atoms with Crippen LogP contribution in [0.25, 0.3) is 0 Å². The summed E-state index contributed by atoms with van der Waals surface area (Å²) < 4.78 is 4.66. The quantitative estimate of drug-likeness (QED) is 0.486. The Labute approximate surface area is 146 Å². The average Bonchev–Trinajstić information content (AvgIpc) is 2.68. The second kappa shape index (κ2) is 7.88. The number of hydrogen-bond acceptors (Lipinski definition) is 5. The zero-order valence-corrected chi connectivity index (χ0v) is 13.7. The number of esters is 1. The van der Waals surface area contributed by atoms with Gasteiger partial charge in [-0.3, -0.25) is 0 Å². The van der Waals surface area contributed by atoms with Gasteiger partial charge in [0.1, 0.15) is 0 Å². The molecule has 0 saturated heterocycles. The largest absolute Gasteiger partial charge is 0.465 e. The number of azo groups is 1. The lowest BCUT2D eigenvalue weighted by Gasteiger charge is -2.05. The monoisotopic (exact) mass is 331 g/mol. The molecule has 5 nitrogen and oxygen atoms in total. The summed E-state index contributed by atoms with van der Waals surface area (Å²) in [5, 5.41) is 11.7. The molecule has 5 heteroatoms. The van der Waals surface area contributed by atoms with Gasteiger partial charge < -0.3 is 10.1 Å². The van der Waals surface area contributed by atoms with Crippen LogP contribution in [0.5, 0.6) is 0 Å². The molecule has 0 spiro atoms. The molecule has 0 aromatic heterocycles. The van der Waals surface area contributed by atoms with Crippen molar-refractivity contribution in [3.05, 3.63) is 84.4 Å². The molecule has 0 aliphatic carbocycles. The van der Waals surface area contributed by atoms with Crippen molar-refractivity contribution < 1.29 is 9.53 Å². The van der Waals surface area contributed by atoms with E-state index in [-0.39, 0.29) is 5.97 Å². The minimum atomic E-state index is -0.370. The summed E-state index contributed by atoms with van der Waals surface area (Å²) in [5.74, 6) is -0.370. The zero-order valence-electron chi connectivity index (χ0n) is 13.7. The molecule has 0 fully saturated rings. The number of benzene rings is 3. The number of ether oxygens (including phenoxy) is 1. The minimum absolute atomic E-state index is 0.370. The first-order chi connectivity index (χ1) is 12.2. The standard InChI is InChI=1S/C20H17N3O2/c1-25-20(24)15-7-9-18(10-8-15)22-23-19-13-11-17(12-14-19)21-16-5-3-2-4-6-16/h2-14,21H,1H3. The van der Waals surface area contributed by atoms with E-state index in [1.54, 1.807) is 24.3 Å². The van der Waals surface area contributed by atoms with E-state index in [2.05, 4.69) is 20.3 Å². The summed E-state index contributed by atoms with van der Waals surface area (Å²) in [7, 11) is 1.35. The average molecular weight is 331 g/mol. The van der Waals surface area contributed by atoms with E-state index in [1.807, 2.05) is 54.6 Å². The van der Waals surface area contributed by atoms with Gasteiger partial charge >= 0.3 is 5.97 Å². The van der Waals surface area contributed by atoms with Crippen molar-refractivity contribution in [1.29, 1.82) is 0 Å². The van der Waals surface area contributed by atoms with Gasteiger partial charge in [0.15, 0.2) is 0 Å². The van der Waals surface area contributed by atoms with Crippen LogP contribution < -0.4 is 5.32 Å². The highest BCUT2D eigenvalue weighted by Gasteiger charge is 2.03. The van der Waals surface area contributed by atoms with Crippen molar-refractivity contribution in [3.63, 3.8) is 0 Å². The van der Waals surface area contributed by atoms with Gasteiger partial charge in [-0.05, 0) is 60.7 Å². The van der Waals surface area contributed by atoms with E-state index in [9.17, 15) is 4.79 Å². The molecule has 25 heavy (non-hydrogen) atoms. The third kappa shape index (κ3) is 4.51. The molecule has 1 N–H and O–H groups in total. The molecule has 0 bridgehead atoms.